The van der Waals surface area contributed by atoms with Gasteiger partial charge in [-0.05, 0) is 36.4 Å². The third-order valence-electron chi connectivity index (χ3n) is 5.71. The Bertz CT molecular complexity index is 1260. The van der Waals surface area contributed by atoms with Crippen LogP contribution in [0.3, 0.4) is 0 Å². The summed E-state index contributed by atoms with van der Waals surface area (Å²) < 4.78 is 12.0. The van der Waals surface area contributed by atoms with Crippen molar-refractivity contribution in [2.75, 3.05) is 5.32 Å². The zero-order valence-corrected chi connectivity index (χ0v) is 18.5. The lowest BCUT2D eigenvalue weighted by Crippen LogP contribution is -2.32. The van der Waals surface area contributed by atoms with Crippen LogP contribution in [0.15, 0.2) is 54.6 Å². The summed E-state index contributed by atoms with van der Waals surface area (Å²) in [6.45, 7) is 6.04. The Morgan fingerprint density at radius 2 is 1.47 bits per heavy atom. The van der Waals surface area contributed by atoms with Crippen molar-refractivity contribution in [3.8, 4) is 23.0 Å². The Morgan fingerprint density at radius 1 is 0.906 bits per heavy atom. The van der Waals surface area contributed by atoms with Crippen LogP contribution in [0.1, 0.15) is 47.8 Å². The van der Waals surface area contributed by atoms with Crippen LogP contribution in [0.2, 0.25) is 0 Å². The lowest BCUT2D eigenvalue weighted by Gasteiger charge is -2.36. The number of ether oxygens (including phenoxy) is 2. The summed E-state index contributed by atoms with van der Waals surface area (Å²) in [6, 6.07) is 14.8. The molecule has 2 aliphatic rings. The first kappa shape index (κ1) is 20.3. The first-order valence-electron chi connectivity index (χ1n) is 10.1. The summed E-state index contributed by atoms with van der Waals surface area (Å²) in [5.74, 6) is 0.245. The van der Waals surface area contributed by atoms with Crippen LogP contribution >= 0.6 is 12.2 Å². The van der Waals surface area contributed by atoms with Gasteiger partial charge < -0.3 is 25.0 Å². The molecule has 0 radical (unpaired) electrons. The van der Waals surface area contributed by atoms with Crippen molar-refractivity contribution in [3.63, 3.8) is 0 Å². The summed E-state index contributed by atoms with van der Waals surface area (Å²) in [5.41, 5.74) is 1.45. The summed E-state index contributed by atoms with van der Waals surface area (Å²) in [6.07, 6.45) is 0. The minimum Gasteiger partial charge on any atom is -0.508 e. The van der Waals surface area contributed by atoms with Gasteiger partial charge in [-0.15, -0.1) is 0 Å². The van der Waals surface area contributed by atoms with E-state index in [2.05, 4.69) is 5.32 Å². The second-order valence-corrected chi connectivity index (χ2v) is 9.41. The molecule has 3 aromatic carbocycles. The zero-order chi connectivity index (χ0) is 22.8. The van der Waals surface area contributed by atoms with Crippen molar-refractivity contribution < 1.29 is 24.5 Å². The molecule has 0 unspecified atom stereocenters. The third kappa shape index (κ3) is 2.92. The van der Waals surface area contributed by atoms with Crippen molar-refractivity contribution in [1.82, 2.24) is 0 Å². The second-order valence-electron chi connectivity index (χ2n) is 9.00. The van der Waals surface area contributed by atoms with Crippen molar-refractivity contribution in [1.29, 1.82) is 0 Å². The van der Waals surface area contributed by atoms with Crippen LogP contribution in [0, 0.1) is 5.41 Å². The molecule has 3 N–H and O–H groups in total. The highest BCUT2D eigenvalue weighted by atomic mass is 32.1. The van der Waals surface area contributed by atoms with E-state index in [1.165, 1.54) is 24.3 Å². The smallest absolute Gasteiger partial charge is 0.340 e. The Labute approximate surface area is 190 Å². The van der Waals surface area contributed by atoms with E-state index in [0.717, 1.165) is 0 Å². The number of benzene rings is 3. The van der Waals surface area contributed by atoms with E-state index in [-0.39, 0.29) is 16.9 Å². The van der Waals surface area contributed by atoms with E-state index in [4.69, 9.17) is 21.7 Å². The van der Waals surface area contributed by atoms with Gasteiger partial charge in [-0.1, -0.05) is 39.1 Å². The number of carbonyl (C=O) groups excluding carboxylic acids is 1. The number of hydrogen-bond donors (Lipinski definition) is 3. The lowest BCUT2D eigenvalue weighted by molar-refractivity contribution is 0.0224. The van der Waals surface area contributed by atoms with Crippen LogP contribution in [-0.2, 0) is 10.3 Å². The van der Waals surface area contributed by atoms with Crippen molar-refractivity contribution in [3.05, 3.63) is 76.9 Å². The Hall–Kier alpha value is -3.58. The van der Waals surface area contributed by atoms with Gasteiger partial charge >= 0.3 is 5.97 Å². The number of aromatic hydroxyl groups is 2. The number of hydrogen-bond acceptors (Lipinski definition) is 6. The largest absolute Gasteiger partial charge is 0.508 e. The molecule has 0 aromatic heterocycles. The SMILES string of the molecule is CC(C)(C)C(=S)Nc1ccc2c(c1)C(=O)OC21c2ccc(O)cc2Oc2cc(O)ccc21. The van der Waals surface area contributed by atoms with Gasteiger partial charge in [0.15, 0.2) is 5.60 Å². The number of phenolic OH excluding ortho intramolecular Hbond substituents is 2. The fraction of sp³-hybridized carbons (Fsp3) is 0.200. The van der Waals surface area contributed by atoms with Crippen LogP contribution in [0.4, 0.5) is 5.69 Å². The van der Waals surface area contributed by atoms with Crippen LogP contribution < -0.4 is 10.1 Å². The van der Waals surface area contributed by atoms with E-state index in [0.29, 0.717) is 44.4 Å². The number of fused-ring (bicyclic) bond motifs is 6. The maximum absolute atomic E-state index is 13.1. The normalized spacial score (nSPS) is 15.3. The predicted molar refractivity (Wildman–Crippen MR) is 124 cm³/mol. The number of carbonyl (C=O) groups is 1. The minimum absolute atomic E-state index is 0.0160. The Morgan fingerprint density at radius 3 is 2.03 bits per heavy atom. The first-order valence-corrected chi connectivity index (χ1v) is 10.5. The van der Waals surface area contributed by atoms with Crippen LogP contribution in [0.25, 0.3) is 0 Å². The van der Waals surface area contributed by atoms with E-state index in [1.807, 2.05) is 32.9 Å². The molecule has 0 atom stereocenters. The van der Waals surface area contributed by atoms with E-state index >= 15 is 0 Å². The molecular weight excluding hydrogens is 426 g/mol. The summed E-state index contributed by atoms with van der Waals surface area (Å²) >= 11 is 5.49. The molecule has 2 heterocycles. The monoisotopic (exact) mass is 447 g/mol. The van der Waals surface area contributed by atoms with Crippen LogP contribution in [0.5, 0.6) is 23.0 Å². The maximum Gasteiger partial charge on any atom is 0.340 e. The van der Waals surface area contributed by atoms with Gasteiger partial charge in [0.05, 0.1) is 10.6 Å². The summed E-state index contributed by atoms with van der Waals surface area (Å²) in [7, 11) is 0. The highest BCUT2D eigenvalue weighted by Gasteiger charge is 2.53. The molecule has 3 aromatic rings. The average Bonchev–Trinajstić information content (AvgIpc) is 2.99. The van der Waals surface area contributed by atoms with E-state index < -0.39 is 11.6 Å². The van der Waals surface area contributed by atoms with Crippen LogP contribution in [-0.4, -0.2) is 21.2 Å². The standard InChI is InChI=1S/C25H21NO5S/c1-24(2,3)23(32)26-13-4-7-17-16(10-13)22(29)31-25(17)18-8-5-14(27)11-20(18)30-21-12-15(28)6-9-19(21)25/h4-12,27-28H,1-3H3,(H,26,32). The fourth-order valence-electron chi connectivity index (χ4n) is 4.10. The Balaban J connectivity index is 1.71. The van der Waals surface area contributed by atoms with Gasteiger partial charge in [0, 0.05) is 39.9 Å². The average molecular weight is 448 g/mol. The van der Waals surface area contributed by atoms with E-state index in [1.54, 1.807) is 18.2 Å². The molecule has 32 heavy (non-hydrogen) atoms. The summed E-state index contributed by atoms with van der Waals surface area (Å²) in [5, 5.41) is 23.2. The minimum atomic E-state index is -1.26. The van der Waals surface area contributed by atoms with Crippen molar-refractivity contribution >= 4 is 28.9 Å². The van der Waals surface area contributed by atoms with Gasteiger partial charge in [0.1, 0.15) is 23.0 Å². The van der Waals surface area contributed by atoms with Gasteiger partial charge in [-0.3, -0.25) is 0 Å². The first-order chi connectivity index (χ1) is 15.1. The van der Waals surface area contributed by atoms with Gasteiger partial charge in [-0.2, -0.15) is 0 Å². The molecular formula is C25H21NO5S. The Kier molecular flexibility index (Phi) is 4.26. The molecule has 0 saturated heterocycles. The topological polar surface area (TPSA) is 88.0 Å². The van der Waals surface area contributed by atoms with Gasteiger partial charge in [0.2, 0.25) is 0 Å². The highest BCUT2D eigenvalue weighted by Crippen LogP contribution is 2.57. The predicted octanol–water partition coefficient (Wildman–Crippen LogP) is 5.45. The van der Waals surface area contributed by atoms with Crippen molar-refractivity contribution in [2.24, 2.45) is 5.41 Å². The second kappa shape index (κ2) is 6.71. The number of thiocarbonyl (C=S) groups is 1. The highest BCUT2D eigenvalue weighted by molar-refractivity contribution is 7.80. The van der Waals surface area contributed by atoms with Gasteiger partial charge in [0.25, 0.3) is 0 Å². The maximum atomic E-state index is 13.1. The molecule has 7 heteroatoms. The molecule has 2 aliphatic heterocycles. The molecule has 0 bridgehead atoms. The summed E-state index contributed by atoms with van der Waals surface area (Å²) in [4.78, 5) is 13.8. The molecule has 0 fully saturated rings. The molecule has 162 valence electrons. The molecule has 1 spiro atoms. The third-order valence-corrected chi connectivity index (χ3v) is 6.43. The van der Waals surface area contributed by atoms with E-state index in [9.17, 15) is 15.0 Å². The lowest BCUT2D eigenvalue weighted by atomic mass is 9.77. The number of nitrogens with one attached hydrogen (secondary N) is 1. The number of rotatable bonds is 1. The molecule has 0 saturated carbocycles. The number of phenols is 2. The zero-order valence-electron chi connectivity index (χ0n) is 17.7. The molecule has 0 aliphatic carbocycles. The molecule has 5 rings (SSSR count). The molecule has 6 nitrogen and oxygen atoms in total. The number of esters is 1. The fourth-order valence-corrected chi connectivity index (χ4v) is 4.22. The number of anilines is 1. The van der Waals surface area contributed by atoms with Gasteiger partial charge in [-0.25, -0.2) is 4.79 Å². The van der Waals surface area contributed by atoms with Crippen molar-refractivity contribution in [2.45, 2.75) is 26.4 Å². The quantitative estimate of drug-likeness (QED) is 0.338. The molecule has 0 amide bonds.